The van der Waals surface area contributed by atoms with Gasteiger partial charge in [0.25, 0.3) is 11.8 Å². The monoisotopic (exact) mass is 291 g/mol. The third-order valence-electron chi connectivity index (χ3n) is 3.11. The first-order valence-electron chi connectivity index (χ1n) is 6.17. The summed E-state index contributed by atoms with van der Waals surface area (Å²) in [4.78, 5) is 47.9. The Morgan fingerprint density at radius 3 is 2.14 bits per heavy atom. The van der Waals surface area contributed by atoms with Gasteiger partial charge in [0.2, 0.25) is 0 Å². The van der Waals surface area contributed by atoms with Crippen LogP contribution >= 0.6 is 0 Å². The van der Waals surface area contributed by atoms with Crippen molar-refractivity contribution >= 4 is 23.8 Å². The summed E-state index contributed by atoms with van der Waals surface area (Å²) in [7, 11) is 1.16. The SMILES string of the molecule is COC(=O)COC(=O)C(C)N1C(=O)c2ccccc2C1=O. The molecular weight excluding hydrogens is 278 g/mol. The van der Waals surface area contributed by atoms with Crippen molar-refractivity contribution in [3.8, 4) is 0 Å². The number of ether oxygens (including phenoxy) is 2. The largest absolute Gasteiger partial charge is 0.466 e. The number of fused-ring (bicyclic) bond motifs is 1. The van der Waals surface area contributed by atoms with Gasteiger partial charge in [0.05, 0.1) is 18.2 Å². The zero-order valence-corrected chi connectivity index (χ0v) is 11.5. The van der Waals surface area contributed by atoms with Gasteiger partial charge in [-0.2, -0.15) is 0 Å². The van der Waals surface area contributed by atoms with Gasteiger partial charge in [0, 0.05) is 0 Å². The van der Waals surface area contributed by atoms with Crippen LogP contribution in [0.2, 0.25) is 0 Å². The molecule has 0 aliphatic carbocycles. The summed E-state index contributed by atoms with van der Waals surface area (Å²) in [6, 6.07) is 5.17. The van der Waals surface area contributed by atoms with E-state index in [2.05, 4.69) is 4.74 Å². The molecule has 0 N–H and O–H groups in total. The first-order chi connectivity index (χ1) is 9.97. The zero-order valence-electron chi connectivity index (χ0n) is 11.5. The van der Waals surface area contributed by atoms with E-state index in [-0.39, 0.29) is 11.1 Å². The van der Waals surface area contributed by atoms with E-state index in [9.17, 15) is 19.2 Å². The molecule has 0 radical (unpaired) electrons. The van der Waals surface area contributed by atoms with Gasteiger partial charge in [-0.25, -0.2) is 9.59 Å². The molecule has 0 fully saturated rings. The molecule has 0 bridgehead atoms. The van der Waals surface area contributed by atoms with Gasteiger partial charge in [0.1, 0.15) is 6.04 Å². The van der Waals surface area contributed by atoms with Gasteiger partial charge in [-0.15, -0.1) is 0 Å². The summed E-state index contributed by atoms with van der Waals surface area (Å²) < 4.78 is 9.04. The predicted octanol–water partition coefficient (Wildman–Crippen LogP) is 0.387. The lowest BCUT2D eigenvalue weighted by Crippen LogP contribution is -2.44. The number of hydrogen-bond acceptors (Lipinski definition) is 6. The second-order valence-corrected chi connectivity index (χ2v) is 4.39. The van der Waals surface area contributed by atoms with Crippen LogP contribution in [-0.2, 0) is 19.1 Å². The quantitative estimate of drug-likeness (QED) is 0.588. The molecule has 1 aromatic rings. The Hall–Kier alpha value is -2.70. The highest BCUT2D eigenvalue weighted by molar-refractivity contribution is 6.22. The molecule has 7 heteroatoms. The second kappa shape index (κ2) is 5.74. The van der Waals surface area contributed by atoms with E-state index in [0.29, 0.717) is 0 Å². The fourth-order valence-electron chi connectivity index (χ4n) is 1.97. The second-order valence-electron chi connectivity index (χ2n) is 4.39. The Balaban J connectivity index is 2.12. The van der Waals surface area contributed by atoms with E-state index in [1.54, 1.807) is 12.1 Å². The predicted molar refractivity (Wildman–Crippen MR) is 69.4 cm³/mol. The smallest absolute Gasteiger partial charge is 0.344 e. The van der Waals surface area contributed by atoms with E-state index in [0.717, 1.165) is 12.0 Å². The van der Waals surface area contributed by atoms with Crippen LogP contribution in [0.15, 0.2) is 24.3 Å². The average Bonchev–Trinajstić information content (AvgIpc) is 2.76. The summed E-state index contributed by atoms with van der Waals surface area (Å²) in [6.07, 6.45) is 0. The third kappa shape index (κ3) is 2.62. The third-order valence-corrected chi connectivity index (χ3v) is 3.11. The van der Waals surface area contributed by atoms with Crippen LogP contribution in [0.4, 0.5) is 0 Å². The summed E-state index contributed by atoms with van der Waals surface area (Å²) in [5, 5.41) is 0. The van der Waals surface area contributed by atoms with Crippen molar-refractivity contribution in [2.75, 3.05) is 13.7 Å². The van der Waals surface area contributed by atoms with Crippen LogP contribution in [0.25, 0.3) is 0 Å². The molecule has 0 saturated heterocycles. The highest BCUT2D eigenvalue weighted by Gasteiger charge is 2.41. The van der Waals surface area contributed by atoms with E-state index in [1.165, 1.54) is 19.1 Å². The molecular formula is C14H13NO6. The number of esters is 2. The summed E-state index contributed by atoms with van der Waals surface area (Å²) in [5.41, 5.74) is 0.491. The molecule has 1 aromatic carbocycles. The van der Waals surface area contributed by atoms with Crippen molar-refractivity contribution in [2.45, 2.75) is 13.0 Å². The Morgan fingerprint density at radius 1 is 1.14 bits per heavy atom. The number of hydrogen-bond donors (Lipinski definition) is 0. The lowest BCUT2D eigenvalue weighted by molar-refractivity contribution is -0.159. The zero-order chi connectivity index (χ0) is 15.6. The molecule has 0 spiro atoms. The van der Waals surface area contributed by atoms with Crippen LogP contribution in [-0.4, -0.2) is 48.4 Å². The lowest BCUT2D eigenvalue weighted by Gasteiger charge is -2.20. The van der Waals surface area contributed by atoms with Gasteiger partial charge in [-0.1, -0.05) is 12.1 Å². The van der Waals surface area contributed by atoms with Crippen molar-refractivity contribution in [3.05, 3.63) is 35.4 Å². The lowest BCUT2D eigenvalue weighted by atomic mass is 10.1. The molecule has 1 aliphatic rings. The Bertz CT molecular complexity index is 589. The van der Waals surface area contributed by atoms with Crippen LogP contribution in [0.1, 0.15) is 27.6 Å². The summed E-state index contributed by atoms with van der Waals surface area (Å²) in [6.45, 7) is 0.796. The molecule has 7 nitrogen and oxygen atoms in total. The van der Waals surface area contributed by atoms with Gasteiger partial charge in [-0.3, -0.25) is 14.5 Å². The van der Waals surface area contributed by atoms with Crippen molar-refractivity contribution in [1.82, 2.24) is 4.90 Å². The molecule has 1 heterocycles. The number of carbonyl (C=O) groups is 4. The van der Waals surface area contributed by atoms with Crippen molar-refractivity contribution in [2.24, 2.45) is 0 Å². The van der Waals surface area contributed by atoms with E-state index < -0.39 is 36.4 Å². The van der Waals surface area contributed by atoms with Gasteiger partial charge < -0.3 is 9.47 Å². The summed E-state index contributed by atoms with van der Waals surface area (Å²) in [5.74, 6) is -2.69. The number of rotatable bonds is 4. The number of amides is 2. The van der Waals surface area contributed by atoms with Crippen molar-refractivity contribution in [1.29, 1.82) is 0 Å². The number of imide groups is 1. The minimum atomic E-state index is -1.12. The molecule has 0 aromatic heterocycles. The fourth-order valence-corrected chi connectivity index (χ4v) is 1.97. The molecule has 2 amide bonds. The van der Waals surface area contributed by atoms with Crippen LogP contribution in [0.3, 0.4) is 0 Å². The molecule has 0 saturated carbocycles. The van der Waals surface area contributed by atoms with E-state index in [4.69, 9.17) is 4.74 Å². The Labute approximate surface area is 120 Å². The minimum absolute atomic E-state index is 0.245. The topological polar surface area (TPSA) is 90.0 Å². The van der Waals surface area contributed by atoms with Gasteiger partial charge in [-0.05, 0) is 19.1 Å². The molecule has 1 aliphatic heterocycles. The fraction of sp³-hybridized carbons (Fsp3) is 0.286. The molecule has 21 heavy (non-hydrogen) atoms. The Kier molecular flexibility index (Phi) is 4.02. The maximum absolute atomic E-state index is 12.2. The Morgan fingerprint density at radius 2 is 1.67 bits per heavy atom. The number of benzene rings is 1. The highest BCUT2D eigenvalue weighted by atomic mass is 16.6. The molecule has 110 valence electrons. The minimum Gasteiger partial charge on any atom is -0.466 e. The normalized spacial score (nSPS) is 14.7. The molecule has 2 rings (SSSR count). The van der Waals surface area contributed by atoms with Crippen molar-refractivity contribution in [3.63, 3.8) is 0 Å². The van der Waals surface area contributed by atoms with Crippen LogP contribution < -0.4 is 0 Å². The number of carbonyl (C=O) groups excluding carboxylic acids is 4. The molecule has 1 atom stereocenters. The van der Waals surface area contributed by atoms with E-state index in [1.807, 2.05) is 0 Å². The summed E-state index contributed by atoms with van der Waals surface area (Å²) >= 11 is 0. The molecule has 1 unspecified atom stereocenters. The maximum Gasteiger partial charge on any atom is 0.344 e. The van der Waals surface area contributed by atoms with Crippen LogP contribution in [0, 0.1) is 0 Å². The average molecular weight is 291 g/mol. The van der Waals surface area contributed by atoms with Crippen LogP contribution in [0.5, 0.6) is 0 Å². The number of methoxy groups -OCH3 is 1. The van der Waals surface area contributed by atoms with Gasteiger partial charge in [0.15, 0.2) is 6.61 Å². The van der Waals surface area contributed by atoms with E-state index >= 15 is 0 Å². The maximum atomic E-state index is 12.2. The standard InChI is InChI=1S/C14H13NO6/c1-8(14(19)21-7-11(16)20-2)15-12(17)9-5-3-4-6-10(9)13(15)18/h3-6,8H,7H2,1-2H3. The van der Waals surface area contributed by atoms with Crippen molar-refractivity contribution < 1.29 is 28.7 Å². The number of nitrogens with zero attached hydrogens (tertiary/aromatic N) is 1. The first kappa shape index (κ1) is 14.7. The van der Waals surface area contributed by atoms with Gasteiger partial charge >= 0.3 is 11.9 Å². The highest BCUT2D eigenvalue weighted by Crippen LogP contribution is 2.24. The first-order valence-corrected chi connectivity index (χ1v) is 6.17.